The van der Waals surface area contributed by atoms with Crippen molar-refractivity contribution in [1.82, 2.24) is 19.6 Å². The van der Waals surface area contributed by atoms with Crippen LogP contribution in [0.4, 0.5) is 5.82 Å². The zero-order valence-corrected chi connectivity index (χ0v) is 12.0. The van der Waals surface area contributed by atoms with Gasteiger partial charge >= 0.3 is 0 Å². The Hall–Kier alpha value is -1.65. The molecule has 0 bridgehead atoms. The van der Waals surface area contributed by atoms with Crippen LogP contribution in [-0.2, 0) is 6.42 Å². The Bertz CT molecular complexity index is 598. The summed E-state index contributed by atoms with van der Waals surface area (Å²) in [5.74, 6) is 3.68. The highest BCUT2D eigenvalue weighted by molar-refractivity contribution is 5.47. The first-order valence-electron chi connectivity index (χ1n) is 7.78. The third-order valence-corrected chi connectivity index (χ3v) is 4.32. The Labute approximate surface area is 119 Å². The van der Waals surface area contributed by atoms with Crippen LogP contribution >= 0.6 is 0 Å². The minimum atomic E-state index is 0.732. The van der Waals surface area contributed by atoms with Crippen molar-refractivity contribution in [2.45, 2.75) is 39.0 Å². The normalized spacial score (nSPS) is 18.6. The van der Waals surface area contributed by atoms with Crippen LogP contribution in [0.15, 0.2) is 12.4 Å². The number of fused-ring (bicyclic) bond motifs is 1. The van der Waals surface area contributed by atoms with Crippen molar-refractivity contribution in [2.24, 2.45) is 11.8 Å². The van der Waals surface area contributed by atoms with Gasteiger partial charge in [0.05, 0.1) is 0 Å². The van der Waals surface area contributed by atoms with E-state index in [-0.39, 0.29) is 0 Å². The zero-order valence-electron chi connectivity index (χ0n) is 12.0. The Kier molecular flexibility index (Phi) is 2.86. The second kappa shape index (κ2) is 4.72. The molecule has 0 spiro atoms. The van der Waals surface area contributed by atoms with Crippen LogP contribution < -0.4 is 4.90 Å². The molecule has 2 aliphatic rings. The number of anilines is 1. The van der Waals surface area contributed by atoms with Crippen molar-refractivity contribution in [2.75, 3.05) is 18.0 Å². The monoisotopic (exact) mass is 271 g/mol. The summed E-state index contributed by atoms with van der Waals surface area (Å²) in [6, 6.07) is 2.20. The maximum atomic E-state index is 4.55. The average Bonchev–Trinajstić information content (AvgIpc) is 3.38. The highest BCUT2D eigenvalue weighted by Gasteiger charge is 2.30. The lowest BCUT2D eigenvalue weighted by atomic mass is 10.2. The van der Waals surface area contributed by atoms with Crippen molar-refractivity contribution in [3.63, 3.8) is 0 Å². The molecule has 0 aliphatic heterocycles. The molecule has 2 fully saturated rings. The summed E-state index contributed by atoms with van der Waals surface area (Å²) in [5.41, 5.74) is 1.11. The summed E-state index contributed by atoms with van der Waals surface area (Å²) in [6.07, 6.45) is 8.08. The summed E-state index contributed by atoms with van der Waals surface area (Å²) >= 11 is 0. The molecule has 2 heterocycles. The van der Waals surface area contributed by atoms with Crippen LogP contribution in [0.5, 0.6) is 0 Å². The summed E-state index contributed by atoms with van der Waals surface area (Å²) in [7, 11) is 0. The minimum Gasteiger partial charge on any atom is -0.356 e. The van der Waals surface area contributed by atoms with E-state index >= 15 is 0 Å². The zero-order chi connectivity index (χ0) is 13.5. The van der Waals surface area contributed by atoms with Gasteiger partial charge in [0.15, 0.2) is 0 Å². The van der Waals surface area contributed by atoms with Gasteiger partial charge in [-0.2, -0.15) is 14.6 Å². The maximum Gasteiger partial charge on any atom is 0.254 e. The Balaban J connectivity index is 1.73. The molecule has 106 valence electrons. The third kappa shape index (κ3) is 2.37. The number of hydrogen-bond donors (Lipinski definition) is 0. The first-order chi connectivity index (χ1) is 9.83. The van der Waals surface area contributed by atoms with Gasteiger partial charge in [0, 0.05) is 24.8 Å². The summed E-state index contributed by atoms with van der Waals surface area (Å²) in [6.45, 7) is 4.47. The van der Waals surface area contributed by atoms with Gasteiger partial charge in [-0.15, -0.1) is 0 Å². The molecular weight excluding hydrogens is 250 g/mol. The fourth-order valence-electron chi connectivity index (χ4n) is 2.74. The second-order valence-corrected chi connectivity index (χ2v) is 6.22. The average molecular weight is 271 g/mol. The number of rotatable bonds is 6. The molecule has 0 atom stereocenters. The number of aryl methyl sites for hydroxylation is 1. The summed E-state index contributed by atoms with van der Waals surface area (Å²) in [4.78, 5) is 11.3. The van der Waals surface area contributed by atoms with Crippen LogP contribution in [-0.4, -0.2) is 32.7 Å². The smallest absolute Gasteiger partial charge is 0.254 e. The first kappa shape index (κ1) is 12.1. The molecule has 2 aliphatic carbocycles. The molecule has 2 aromatic heterocycles. The van der Waals surface area contributed by atoms with Gasteiger partial charge in [-0.3, -0.25) is 0 Å². The SMILES string of the molecule is CCc1cc(N(CC2CC2)CC2CC2)n2ncnc2n1. The van der Waals surface area contributed by atoms with Crippen molar-refractivity contribution in [3.05, 3.63) is 18.1 Å². The van der Waals surface area contributed by atoms with E-state index in [9.17, 15) is 0 Å². The molecule has 2 aromatic rings. The number of nitrogens with zero attached hydrogens (tertiary/aromatic N) is 5. The molecule has 0 radical (unpaired) electrons. The van der Waals surface area contributed by atoms with Gasteiger partial charge in [-0.25, -0.2) is 4.98 Å². The van der Waals surface area contributed by atoms with Crippen molar-refractivity contribution in [1.29, 1.82) is 0 Å². The van der Waals surface area contributed by atoms with E-state index in [0.29, 0.717) is 0 Å². The van der Waals surface area contributed by atoms with Crippen LogP contribution in [0.25, 0.3) is 5.78 Å². The fourth-order valence-corrected chi connectivity index (χ4v) is 2.74. The van der Waals surface area contributed by atoms with E-state index in [4.69, 9.17) is 0 Å². The molecule has 5 heteroatoms. The number of hydrogen-bond acceptors (Lipinski definition) is 4. The predicted octanol–water partition coefficient (Wildman–Crippen LogP) is 2.31. The second-order valence-electron chi connectivity index (χ2n) is 6.22. The lowest BCUT2D eigenvalue weighted by Crippen LogP contribution is -2.30. The minimum absolute atomic E-state index is 0.732. The van der Waals surface area contributed by atoms with Crippen LogP contribution in [0.2, 0.25) is 0 Å². The Morgan fingerprint density at radius 1 is 1.20 bits per heavy atom. The lowest BCUT2D eigenvalue weighted by molar-refractivity contribution is 0.658. The van der Waals surface area contributed by atoms with E-state index in [1.54, 1.807) is 6.33 Å². The Morgan fingerprint density at radius 2 is 1.90 bits per heavy atom. The maximum absolute atomic E-state index is 4.55. The summed E-state index contributed by atoms with van der Waals surface area (Å²) in [5, 5.41) is 4.37. The van der Waals surface area contributed by atoms with Gasteiger partial charge in [-0.05, 0) is 43.9 Å². The number of aromatic nitrogens is 4. The van der Waals surface area contributed by atoms with Crippen LogP contribution in [0.3, 0.4) is 0 Å². The topological polar surface area (TPSA) is 46.3 Å². The first-order valence-corrected chi connectivity index (χ1v) is 7.78. The van der Waals surface area contributed by atoms with Gasteiger partial charge in [0.1, 0.15) is 12.1 Å². The predicted molar refractivity (Wildman–Crippen MR) is 77.8 cm³/mol. The quantitative estimate of drug-likeness (QED) is 0.809. The molecule has 20 heavy (non-hydrogen) atoms. The molecule has 4 rings (SSSR count). The van der Waals surface area contributed by atoms with Crippen molar-refractivity contribution in [3.8, 4) is 0 Å². The van der Waals surface area contributed by atoms with Crippen molar-refractivity contribution < 1.29 is 0 Å². The van der Waals surface area contributed by atoms with Gasteiger partial charge < -0.3 is 4.90 Å². The van der Waals surface area contributed by atoms with Gasteiger partial charge in [0.25, 0.3) is 5.78 Å². The largest absolute Gasteiger partial charge is 0.356 e. The van der Waals surface area contributed by atoms with E-state index in [1.807, 2.05) is 4.52 Å². The van der Waals surface area contributed by atoms with E-state index in [0.717, 1.165) is 29.7 Å². The third-order valence-electron chi connectivity index (χ3n) is 4.32. The van der Waals surface area contributed by atoms with Gasteiger partial charge in [-0.1, -0.05) is 6.92 Å². The summed E-state index contributed by atoms with van der Waals surface area (Å²) < 4.78 is 1.91. The molecule has 0 saturated heterocycles. The molecule has 2 saturated carbocycles. The molecular formula is C15H21N5. The fraction of sp³-hybridized carbons (Fsp3) is 0.667. The van der Waals surface area contributed by atoms with E-state index in [2.05, 4.69) is 33.0 Å². The van der Waals surface area contributed by atoms with E-state index in [1.165, 1.54) is 44.6 Å². The molecule has 0 aromatic carbocycles. The molecule has 0 amide bonds. The van der Waals surface area contributed by atoms with Crippen molar-refractivity contribution >= 4 is 11.6 Å². The standard InChI is InChI=1S/C15H21N5/c1-2-13-7-14(20-15(18-13)16-10-17-20)19(8-11-3-4-11)9-12-5-6-12/h7,10-12H,2-6,8-9H2,1H3. The van der Waals surface area contributed by atoms with Crippen LogP contribution in [0, 0.1) is 11.8 Å². The van der Waals surface area contributed by atoms with Crippen LogP contribution in [0.1, 0.15) is 38.3 Å². The molecule has 0 unspecified atom stereocenters. The Morgan fingerprint density at radius 3 is 2.50 bits per heavy atom. The molecule has 5 nitrogen and oxygen atoms in total. The molecule has 0 N–H and O–H groups in total. The lowest BCUT2D eigenvalue weighted by Gasteiger charge is -2.25. The van der Waals surface area contributed by atoms with E-state index < -0.39 is 0 Å². The highest BCUT2D eigenvalue weighted by atomic mass is 15.4. The van der Waals surface area contributed by atoms with Gasteiger partial charge in [0.2, 0.25) is 0 Å². The highest BCUT2D eigenvalue weighted by Crippen LogP contribution is 2.35.